The molecule has 1 saturated heterocycles. The average Bonchev–Trinajstić information content (AvgIpc) is 2.48. The second-order valence-corrected chi connectivity index (χ2v) is 5.59. The maximum atomic E-state index is 11.1. The molecule has 0 spiro atoms. The number of carbonyl (C=O) groups is 1. The molecular formula is C16H24N2O2. The van der Waals surface area contributed by atoms with Gasteiger partial charge in [0.25, 0.3) is 0 Å². The number of amides is 1. The van der Waals surface area contributed by atoms with Gasteiger partial charge < -0.3 is 15.7 Å². The second kappa shape index (κ2) is 6.86. The van der Waals surface area contributed by atoms with E-state index in [2.05, 4.69) is 24.0 Å². The maximum Gasteiger partial charge on any atom is 0.220 e. The summed E-state index contributed by atoms with van der Waals surface area (Å²) < 4.78 is 0. The Morgan fingerprint density at radius 1 is 1.35 bits per heavy atom. The van der Waals surface area contributed by atoms with Crippen molar-refractivity contribution >= 4 is 5.91 Å². The van der Waals surface area contributed by atoms with Crippen molar-refractivity contribution in [1.29, 1.82) is 0 Å². The summed E-state index contributed by atoms with van der Waals surface area (Å²) in [6.07, 6.45) is 2.15. The Morgan fingerprint density at radius 3 is 2.45 bits per heavy atom. The van der Waals surface area contributed by atoms with Crippen molar-refractivity contribution < 1.29 is 9.90 Å². The van der Waals surface area contributed by atoms with E-state index in [1.165, 1.54) is 5.56 Å². The zero-order valence-electron chi connectivity index (χ0n) is 12.1. The van der Waals surface area contributed by atoms with Crippen molar-refractivity contribution in [3.63, 3.8) is 0 Å². The monoisotopic (exact) mass is 276 g/mol. The fourth-order valence-corrected chi connectivity index (χ4v) is 2.73. The largest absolute Gasteiger partial charge is 0.387 e. The Labute approximate surface area is 120 Å². The third-order valence-corrected chi connectivity index (χ3v) is 4.19. The third-order valence-electron chi connectivity index (χ3n) is 4.19. The molecule has 0 bridgehead atoms. The van der Waals surface area contributed by atoms with Crippen LogP contribution in [0.15, 0.2) is 24.3 Å². The minimum Gasteiger partial charge on any atom is -0.387 e. The summed E-state index contributed by atoms with van der Waals surface area (Å²) in [5.74, 6) is -0.187. The molecule has 4 nitrogen and oxygen atoms in total. The number of aliphatic hydroxyl groups excluding tert-OH is 1. The highest BCUT2D eigenvalue weighted by Crippen LogP contribution is 2.21. The van der Waals surface area contributed by atoms with Crippen LogP contribution in [0.5, 0.6) is 0 Å². The van der Waals surface area contributed by atoms with Crippen molar-refractivity contribution in [3.05, 3.63) is 35.4 Å². The van der Waals surface area contributed by atoms with Crippen molar-refractivity contribution in [3.8, 4) is 0 Å². The van der Waals surface area contributed by atoms with Crippen molar-refractivity contribution in [1.82, 2.24) is 4.90 Å². The first kappa shape index (κ1) is 15.0. The number of nitrogens with zero attached hydrogens (tertiary/aromatic N) is 1. The molecule has 1 heterocycles. The zero-order valence-corrected chi connectivity index (χ0v) is 12.1. The minimum absolute atomic E-state index is 0.00669. The van der Waals surface area contributed by atoms with Gasteiger partial charge in [-0.15, -0.1) is 0 Å². The first-order valence-electron chi connectivity index (χ1n) is 7.38. The highest BCUT2D eigenvalue weighted by Gasteiger charge is 2.24. The molecule has 0 radical (unpaired) electrons. The number of carbonyl (C=O) groups excluding carboxylic acids is 1. The fourth-order valence-electron chi connectivity index (χ4n) is 2.73. The predicted molar refractivity (Wildman–Crippen MR) is 79.1 cm³/mol. The van der Waals surface area contributed by atoms with E-state index in [9.17, 15) is 9.90 Å². The second-order valence-electron chi connectivity index (χ2n) is 5.59. The molecule has 20 heavy (non-hydrogen) atoms. The number of hydrogen-bond donors (Lipinski definition) is 2. The highest BCUT2D eigenvalue weighted by molar-refractivity contribution is 5.76. The Hall–Kier alpha value is -1.39. The number of piperidine rings is 1. The molecule has 1 atom stereocenters. The summed E-state index contributed by atoms with van der Waals surface area (Å²) in [5.41, 5.74) is 7.56. The molecule has 1 unspecified atom stereocenters. The van der Waals surface area contributed by atoms with Gasteiger partial charge in [-0.3, -0.25) is 4.79 Å². The first-order valence-corrected chi connectivity index (χ1v) is 7.38. The van der Waals surface area contributed by atoms with Crippen LogP contribution in [0.3, 0.4) is 0 Å². The quantitative estimate of drug-likeness (QED) is 0.856. The number of likely N-dealkylation sites (tertiary alicyclic amines) is 1. The lowest BCUT2D eigenvalue weighted by atomic mass is 9.95. The van der Waals surface area contributed by atoms with E-state index in [4.69, 9.17) is 5.73 Å². The SMILES string of the molecule is CCc1ccc(C(O)CN2CCC(C(N)=O)CC2)cc1. The van der Waals surface area contributed by atoms with Gasteiger partial charge in [0.15, 0.2) is 0 Å². The van der Waals surface area contributed by atoms with E-state index < -0.39 is 6.10 Å². The van der Waals surface area contributed by atoms with Crippen molar-refractivity contribution in [2.24, 2.45) is 11.7 Å². The molecule has 4 heteroatoms. The van der Waals surface area contributed by atoms with Crippen LogP contribution in [0.25, 0.3) is 0 Å². The summed E-state index contributed by atoms with van der Waals surface area (Å²) in [6, 6.07) is 8.13. The number of primary amides is 1. The van der Waals surface area contributed by atoms with Gasteiger partial charge in [0.2, 0.25) is 5.91 Å². The molecular weight excluding hydrogens is 252 g/mol. The van der Waals surface area contributed by atoms with Crippen LogP contribution in [-0.2, 0) is 11.2 Å². The van der Waals surface area contributed by atoms with Gasteiger partial charge in [0.05, 0.1) is 6.10 Å². The number of benzene rings is 1. The lowest BCUT2D eigenvalue weighted by molar-refractivity contribution is -0.123. The molecule has 1 amide bonds. The zero-order chi connectivity index (χ0) is 14.5. The van der Waals surface area contributed by atoms with Gasteiger partial charge in [-0.2, -0.15) is 0 Å². The molecule has 1 aromatic rings. The van der Waals surface area contributed by atoms with Crippen LogP contribution in [-0.4, -0.2) is 35.5 Å². The van der Waals surface area contributed by atoms with E-state index in [0.29, 0.717) is 6.54 Å². The summed E-state index contributed by atoms with van der Waals surface area (Å²) in [5, 5.41) is 10.3. The fraction of sp³-hybridized carbons (Fsp3) is 0.562. The number of hydrogen-bond acceptors (Lipinski definition) is 3. The highest BCUT2D eigenvalue weighted by atomic mass is 16.3. The lowest BCUT2D eigenvalue weighted by Crippen LogP contribution is -2.40. The topological polar surface area (TPSA) is 66.6 Å². The third kappa shape index (κ3) is 3.81. The average molecular weight is 276 g/mol. The Bertz CT molecular complexity index is 436. The van der Waals surface area contributed by atoms with E-state index in [0.717, 1.165) is 37.9 Å². The molecule has 0 saturated carbocycles. The van der Waals surface area contributed by atoms with Crippen LogP contribution < -0.4 is 5.73 Å². The lowest BCUT2D eigenvalue weighted by Gasteiger charge is -2.31. The summed E-state index contributed by atoms with van der Waals surface area (Å²) >= 11 is 0. The molecule has 3 N–H and O–H groups in total. The number of rotatable bonds is 5. The van der Waals surface area contributed by atoms with Crippen LogP contribution in [0.4, 0.5) is 0 Å². The number of nitrogens with two attached hydrogens (primary N) is 1. The normalized spacial score (nSPS) is 18.9. The number of aryl methyl sites for hydroxylation is 1. The van der Waals surface area contributed by atoms with E-state index in [-0.39, 0.29) is 11.8 Å². The molecule has 1 aromatic carbocycles. The van der Waals surface area contributed by atoms with Gasteiger partial charge in [-0.05, 0) is 43.5 Å². The minimum atomic E-state index is -0.467. The van der Waals surface area contributed by atoms with Gasteiger partial charge >= 0.3 is 0 Å². The van der Waals surface area contributed by atoms with E-state index in [1.54, 1.807) is 0 Å². The summed E-state index contributed by atoms with van der Waals surface area (Å²) in [6.45, 7) is 4.40. The first-order chi connectivity index (χ1) is 9.60. The van der Waals surface area contributed by atoms with Crippen LogP contribution >= 0.6 is 0 Å². The Morgan fingerprint density at radius 2 is 1.95 bits per heavy atom. The standard InChI is InChI=1S/C16H24N2O2/c1-2-12-3-5-13(6-4-12)15(19)11-18-9-7-14(8-10-18)16(17)20/h3-6,14-15,19H,2,7-11H2,1H3,(H2,17,20). The number of β-amino-alcohol motifs (C(OH)–C–C–N with tert-alkyl or cyclic N) is 1. The molecule has 0 aliphatic carbocycles. The van der Waals surface area contributed by atoms with Gasteiger partial charge in [-0.1, -0.05) is 31.2 Å². The van der Waals surface area contributed by atoms with Crippen LogP contribution in [0.1, 0.15) is 37.0 Å². The molecule has 110 valence electrons. The molecule has 2 rings (SSSR count). The summed E-state index contributed by atoms with van der Waals surface area (Å²) in [4.78, 5) is 13.3. The predicted octanol–water partition coefficient (Wildman–Crippen LogP) is 1.48. The molecule has 1 aliphatic rings. The van der Waals surface area contributed by atoms with Gasteiger partial charge in [0, 0.05) is 12.5 Å². The summed E-state index contributed by atoms with van der Waals surface area (Å²) in [7, 11) is 0. The molecule has 1 aliphatic heterocycles. The van der Waals surface area contributed by atoms with Gasteiger partial charge in [0.1, 0.15) is 0 Å². The smallest absolute Gasteiger partial charge is 0.220 e. The van der Waals surface area contributed by atoms with Crippen LogP contribution in [0, 0.1) is 5.92 Å². The van der Waals surface area contributed by atoms with E-state index in [1.807, 2.05) is 12.1 Å². The number of aliphatic hydroxyl groups is 1. The molecule has 0 aromatic heterocycles. The molecule has 1 fully saturated rings. The van der Waals surface area contributed by atoms with Crippen molar-refractivity contribution in [2.75, 3.05) is 19.6 Å². The van der Waals surface area contributed by atoms with E-state index >= 15 is 0 Å². The Kier molecular flexibility index (Phi) is 5.15. The van der Waals surface area contributed by atoms with Gasteiger partial charge in [-0.25, -0.2) is 0 Å². The Balaban J connectivity index is 1.85. The van der Waals surface area contributed by atoms with Crippen molar-refractivity contribution in [2.45, 2.75) is 32.3 Å². The maximum absolute atomic E-state index is 11.1. The van der Waals surface area contributed by atoms with Crippen LogP contribution in [0.2, 0.25) is 0 Å².